The molecule has 3 rings (SSSR count). The zero-order chi connectivity index (χ0) is 20.1. The number of rotatable bonds is 3. The van der Waals surface area contributed by atoms with Crippen molar-refractivity contribution in [3.63, 3.8) is 0 Å². The van der Waals surface area contributed by atoms with Gasteiger partial charge in [-0.2, -0.15) is 0 Å². The second kappa shape index (κ2) is 8.57. The number of aromatic nitrogens is 1. The fraction of sp³-hybridized carbons (Fsp3) is 0.391. The Balaban J connectivity index is 1.86. The Labute approximate surface area is 166 Å². The number of aliphatic hydroxyl groups excluding tert-OH is 1. The molecule has 1 aromatic heterocycles. The lowest BCUT2D eigenvalue weighted by atomic mass is 9.90. The van der Waals surface area contributed by atoms with Crippen molar-refractivity contribution in [1.29, 1.82) is 0 Å². The van der Waals surface area contributed by atoms with Gasteiger partial charge in [0.15, 0.2) is 0 Å². The second-order valence-electron chi connectivity index (χ2n) is 8.02. The number of aliphatic hydroxyl groups is 1. The van der Waals surface area contributed by atoms with Crippen LogP contribution in [0.5, 0.6) is 0 Å². The van der Waals surface area contributed by atoms with E-state index in [-0.39, 0.29) is 12.7 Å². The third-order valence-electron chi connectivity index (χ3n) is 4.70. The minimum atomic E-state index is -0.485. The molecule has 1 fully saturated rings. The Hall–Kier alpha value is -2.66. The summed E-state index contributed by atoms with van der Waals surface area (Å²) in [6.07, 6.45) is 3.03. The van der Waals surface area contributed by atoms with Crippen LogP contribution in [0.4, 0.5) is 4.79 Å². The zero-order valence-corrected chi connectivity index (χ0v) is 16.8. The summed E-state index contributed by atoms with van der Waals surface area (Å²) < 4.78 is 5.50. The lowest BCUT2D eigenvalue weighted by Crippen LogP contribution is -2.40. The normalized spacial score (nSPS) is 14.7. The van der Waals surface area contributed by atoms with Crippen LogP contribution in [-0.4, -0.2) is 39.8 Å². The third kappa shape index (κ3) is 4.98. The maximum atomic E-state index is 12.4. The molecule has 0 aliphatic carbocycles. The summed E-state index contributed by atoms with van der Waals surface area (Å²) in [5, 5.41) is 9.29. The maximum Gasteiger partial charge on any atom is 0.410 e. The third-order valence-corrected chi connectivity index (χ3v) is 4.70. The largest absolute Gasteiger partial charge is 0.444 e. The zero-order valence-electron chi connectivity index (χ0n) is 16.8. The molecule has 0 bridgehead atoms. The van der Waals surface area contributed by atoms with E-state index in [1.807, 2.05) is 51.1 Å². The van der Waals surface area contributed by atoms with Crippen molar-refractivity contribution < 1.29 is 14.6 Å². The number of carbonyl (C=O) groups is 1. The van der Waals surface area contributed by atoms with Gasteiger partial charge in [0.25, 0.3) is 0 Å². The molecular weight excluding hydrogens is 352 g/mol. The number of carbonyl (C=O) groups excluding carboxylic acids is 1. The predicted octanol–water partition coefficient (Wildman–Crippen LogP) is 4.41. The summed E-state index contributed by atoms with van der Waals surface area (Å²) in [4.78, 5) is 18.7. The summed E-state index contributed by atoms with van der Waals surface area (Å²) in [6.45, 7) is 6.90. The van der Waals surface area contributed by atoms with E-state index in [1.54, 1.807) is 11.1 Å². The SMILES string of the molecule is CC(C)(C)OC(=O)N1CCC(=C(c2ccccc2)c2ccc(CO)cn2)CC1. The molecule has 1 saturated heterocycles. The van der Waals surface area contributed by atoms with Crippen LogP contribution in [-0.2, 0) is 11.3 Å². The first-order chi connectivity index (χ1) is 13.4. The van der Waals surface area contributed by atoms with E-state index in [1.165, 1.54) is 5.57 Å². The number of pyridine rings is 1. The van der Waals surface area contributed by atoms with Gasteiger partial charge in [-0.1, -0.05) is 42.0 Å². The molecule has 148 valence electrons. The van der Waals surface area contributed by atoms with Crippen molar-refractivity contribution >= 4 is 11.7 Å². The summed E-state index contributed by atoms with van der Waals surface area (Å²) in [5.41, 5.74) is 4.72. The Morgan fingerprint density at radius 3 is 2.32 bits per heavy atom. The van der Waals surface area contributed by atoms with Gasteiger partial charge in [0, 0.05) is 24.9 Å². The summed E-state index contributed by atoms with van der Waals surface area (Å²) >= 11 is 0. The fourth-order valence-corrected chi connectivity index (χ4v) is 3.34. The van der Waals surface area contributed by atoms with E-state index >= 15 is 0 Å². The molecule has 1 aliphatic heterocycles. The standard InChI is InChI=1S/C23H28N2O3/c1-23(2,3)28-22(27)25-13-11-19(12-14-25)21(18-7-5-4-6-8-18)20-10-9-17(16-26)15-24-20/h4-10,15,26H,11-14,16H2,1-3H3. The average molecular weight is 380 g/mol. The van der Waals surface area contributed by atoms with Crippen LogP contribution in [0.15, 0.2) is 54.2 Å². The maximum absolute atomic E-state index is 12.4. The van der Waals surface area contributed by atoms with Gasteiger partial charge in [-0.05, 0) is 50.8 Å². The molecule has 1 aliphatic rings. The van der Waals surface area contributed by atoms with Crippen LogP contribution in [0.3, 0.4) is 0 Å². The molecule has 5 heteroatoms. The lowest BCUT2D eigenvalue weighted by Gasteiger charge is -2.32. The van der Waals surface area contributed by atoms with Crippen LogP contribution in [0, 0.1) is 0 Å². The summed E-state index contributed by atoms with van der Waals surface area (Å²) in [7, 11) is 0. The van der Waals surface area contributed by atoms with Gasteiger partial charge in [0.05, 0.1) is 12.3 Å². The van der Waals surface area contributed by atoms with Crippen molar-refractivity contribution in [3.05, 3.63) is 71.1 Å². The number of benzene rings is 1. The van der Waals surface area contributed by atoms with Gasteiger partial charge in [-0.15, -0.1) is 0 Å². The first kappa shape index (κ1) is 20.1. The molecule has 2 heterocycles. The highest BCUT2D eigenvalue weighted by Gasteiger charge is 2.26. The minimum absolute atomic E-state index is 0.0185. The first-order valence-corrected chi connectivity index (χ1v) is 9.69. The molecule has 0 spiro atoms. The Morgan fingerprint density at radius 1 is 1.11 bits per heavy atom. The molecule has 0 atom stereocenters. The smallest absolute Gasteiger partial charge is 0.410 e. The molecule has 1 amide bonds. The van der Waals surface area contributed by atoms with Gasteiger partial charge in [-0.25, -0.2) is 4.79 Å². The van der Waals surface area contributed by atoms with Gasteiger partial charge in [0.1, 0.15) is 5.60 Å². The summed E-state index contributed by atoms with van der Waals surface area (Å²) in [5.74, 6) is 0. The molecule has 28 heavy (non-hydrogen) atoms. The quantitative estimate of drug-likeness (QED) is 0.857. The van der Waals surface area contributed by atoms with Crippen molar-refractivity contribution in [1.82, 2.24) is 9.88 Å². The van der Waals surface area contributed by atoms with E-state index in [0.29, 0.717) is 13.1 Å². The van der Waals surface area contributed by atoms with E-state index in [9.17, 15) is 9.90 Å². The number of likely N-dealkylation sites (tertiary alicyclic amines) is 1. The van der Waals surface area contributed by atoms with Gasteiger partial charge in [-0.3, -0.25) is 4.98 Å². The van der Waals surface area contributed by atoms with Crippen LogP contribution >= 0.6 is 0 Å². The highest BCUT2D eigenvalue weighted by molar-refractivity contribution is 5.81. The van der Waals surface area contributed by atoms with Crippen molar-refractivity contribution in [2.45, 2.75) is 45.8 Å². The molecule has 0 radical (unpaired) electrons. The Morgan fingerprint density at radius 2 is 1.79 bits per heavy atom. The molecule has 0 saturated carbocycles. The summed E-state index contributed by atoms with van der Waals surface area (Å²) in [6, 6.07) is 14.1. The molecule has 0 unspecified atom stereocenters. The van der Waals surface area contributed by atoms with E-state index in [2.05, 4.69) is 17.1 Å². The van der Waals surface area contributed by atoms with Crippen LogP contribution in [0.1, 0.15) is 50.4 Å². The highest BCUT2D eigenvalue weighted by Crippen LogP contribution is 2.31. The molecule has 1 aromatic carbocycles. The van der Waals surface area contributed by atoms with Crippen molar-refractivity contribution in [3.8, 4) is 0 Å². The Kier molecular flexibility index (Phi) is 6.15. The van der Waals surface area contributed by atoms with Crippen LogP contribution < -0.4 is 0 Å². The molecule has 1 N–H and O–H groups in total. The molecular formula is C23H28N2O3. The number of nitrogens with zero attached hydrogens (tertiary/aromatic N) is 2. The van der Waals surface area contributed by atoms with E-state index < -0.39 is 5.60 Å². The number of ether oxygens (including phenoxy) is 1. The highest BCUT2D eigenvalue weighted by atomic mass is 16.6. The second-order valence-corrected chi connectivity index (χ2v) is 8.02. The number of hydrogen-bond donors (Lipinski definition) is 1. The van der Waals surface area contributed by atoms with Gasteiger partial charge in [0.2, 0.25) is 0 Å². The number of amides is 1. The fourth-order valence-electron chi connectivity index (χ4n) is 3.34. The van der Waals surface area contributed by atoms with Gasteiger partial charge < -0.3 is 14.7 Å². The minimum Gasteiger partial charge on any atom is -0.444 e. The monoisotopic (exact) mass is 380 g/mol. The van der Waals surface area contributed by atoms with Crippen molar-refractivity contribution in [2.24, 2.45) is 0 Å². The lowest BCUT2D eigenvalue weighted by molar-refractivity contribution is 0.0236. The Bertz CT molecular complexity index is 826. The number of piperidine rings is 1. The predicted molar refractivity (Wildman–Crippen MR) is 110 cm³/mol. The first-order valence-electron chi connectivity index (χ1n) is 9.69. The molecule has 5 nitrogen and oxygen atoms in total. The van der Waals surface area contributed by atoms with Gasteiger partial charge >= 0.3 is 6.09 Å². The average Bonchev–Trinajstić information content (AvgIpc) is 2.69. The van der Waals surface area contributed by atoms with Crippen molar-refractivity contribution in [2.75, 3.05) is 13.1 Å². The molecule has 2 aromatic rings. The topological polar surface area (TPSA) is 62.7 Å². The number of hydrogen-bond acceptors (Lipinski definition) is 4. The van der Waals surface area contributed by atoms with Crippen LogP contribution in [0.2, 0.25) is 0 Å². The van der Waals surface area contributed by atoms with Crippen LogP contribution in [0.25, 0.3) is 5.57 Å². The van der Waals surface area contributed by atoms with E-state index in [0.717, 1.165) is 35.2 Å². The van der Waals surface area contributed by atoms with E-state index in [4.69, 9.17) is 4.74 Å².